The molecule has 0 radical (unpaired) electrons. The Balaban J connectivity index is 0.000000595. The Morgan fingerprint density at radius 2 is 2.15 bits per heavy atom. The minimum atomic E-state index is -4.00. The van der Waals surface area contributed by atoms with E-state index in [-0.39, 0.29) is 0 Å². The Morgan fingerprint density at radius 3 is 2.55 bits per heavy atom. The van der Waals surface area contributed by atoms with E-state index < -0.39 is 15.4 Å². The van der Waals surface area contributed by atoms with E-state index in [4.69, 9.17) is 4.55 Å². The van der Waals surface area contributed by atoms with Gasteiger partial charge in [0, 0.05) is 18.9 Å². The first kappa shape index (κ1) is 18.3. The van der Waals surface area contributed by atoms with Crippen molar-refractivity contribution in [1.29, 1.82) is 0 Å². The van der Waals surface area contributed by atoms with Gasteiger partial charge in [0.2, 0.25) is 6.41 Å². The zero-order valence-electron chi connectivity index (χ0n) is 11.2. The van der Waals surface area contributed by atoms with Crippen LogP contribution in [0.2, 0.25) is 0 Å². The number of hydrogen-bond acceptors (Lipinski definition) is 4. The number of H-pyrrole nitrogens is 1. The second kappa shape index (κ2) is 11.2. The summed E-state index contributed by atoms with van der Waals surface area (Å²) in [6.45, 7) is 3.95. The topological polar surface area (TPSA) is 112 Å². The second-order valence-electron chi connectivity index (χ2n) is 3.97. The van der Waals surface area contributed by atoms with E-state index in [0.29, 0.717) is 25.8 Å². The zero-order chi connectivity index (χ0) is 15.3. The third-order valence-electron chi connectivity index (χ3n) is 2.44. The third kappa shape index (κ3) is 10.3. The zero-order valence-corrected chi connectivity index (χ0v) is 12.1. The number of unbranched alkanes of at least 4 members (excludes halogenated alkanes) is 2. The Hall–Kier alpha value is -1.67. The summed E-state index contributed by atoms with van der Waals surface area (Å²) in [5.74, 6) is 0. The van der Waals surface area contributed by atoms with Gasteiger partial charge in [-0.25, -0.2) is 4.98 Å². The van der Waals surface area contributed by atoms with Crippen LogP contribution in [-0.4, -0.2) is 41.1 Å². The monoisotopic (exact) mass is 303 g/mol. The first-order valence-corrected chi connectivity index (χ1v) is 7.71. The summed E-state index contributed by atoms with van der Waals surface area (Å²) in [4.78, 5) is 16.3. The highest BCUT2D eigenvalue weighted by Gasteiger charge is 2.18. The summed E-state index contributed by atoms with van der Waals surface area (Å²) in [7, 11) is -4.00. The second-order valence-corrected chi connectivity index (χ2v) is 5.61. The van der Waals surface area contributed by atoms with Gasteiger partial charge in [-0.05, 0) is 12.8 Å². The molecule has 20 heavy (non-hydrogen) atoms. The minimum Gasteiger partial charge on any atom is -0.359 e. The van der Waals surface area contributed by atoms with Crippen LogP contribution >= 0.6 is 0 Å². The van der Waals surface area contributed by atoms with Crippen molar-refractivity contribution in [2.75, 3.05) is 6.54 Å². The van der Waals surface area contributed by atoms with Gasteiger partial charge < -0.3 is 10.3 Å². The lowest BCUT2D eigenvalue weighted by Gasteiger charge is -2.08. The van der Waals surface area contributed by atoms with E-state index >= 15 is 0 Å². The van der Waals surface area contributed by atoms with Crippen LogP contribution in [0, 0.1) is 0 Å². The molecule has 114 valence electrons. The highest BCUT2D eigenvalue weighted by atomic mass is 32.2. The Kier molecular flexibility index (Phi) is 10.2. The molecule has 0 fully saturated rings. The van der Waals surface area contributed by atoms with Crippen LogP contribution in [0.25, 0.3) is 0 Å². The molecule has 0 aliphatic heterocycles. The molecule has 0 bridgehead atoms. The van der Waals surface area contributed by atoms with Crippen molar-refractivity contribution < 1.29 is 17.8 Å². The average molecular weight is 303 g/mol. The quantitative estimate of drug-likeness (QED) is 0.274. The molecule has 1 aromatic rings. The minimum absolute atomic E-state index is 0.365. The van der Waals surface area contributed by atoms with Gasteiger partial charge in [0.15, 0.2) is 0 Å². The van der Waals surface area contributed by atoms with Gasteiger partial charge in [0.05, 0.1) is 6.33 Å². The first-order chi connectivity index (χ1) is 9.52. The predicted molar refractivity (Wildman–Crippen MR) is 76.7 cm³/mol. The van der Waals surface area contributed by atoms with Crippen LogP contribution in [0.5, 0.6) is 0 Å². The number of aromatic nitrogens is 2. The number of nitrogens with one attached hydrogen (secondary N) is 2. The molecule has 1 rings (SSSR count). The normalized spacial score (nSPS) is 11.8. The fourth-order valence-electron chi connectivity index (χ4n) is 1.41. The molecule has 1 atom stereocenters. The predicted octanol–water partition coefficient (Wildman–Crippen LogP) is 1.14. The van der Waals surface area contributed by atoms with E-state index in [0.717, 1.165) is 12.8 Å². The molecule has 0 aliphatic carbocycles. The van der Waals surface area contributed by atoms with Crippen molar-refractivity contribution in [2.24, 2.45) is 0 Å². The van der Waals surface area contributed by atoms with Gasteiger partial charge in [-0.2, -0.15) is 8.42 Å². The molecule has 3 N–H and O–H groups in total. The maximum absolute atomic E-state index is 10.8. The molecule has 0 spiro atoms. The van der Waals surface area contributed by atoms with Crippen molar-refractivity contribution in [3.8, 4) is 0 Å². The molecule has 8 heteroatoms. The maximum Gasteiger partial charge on any atom is 0.271 e. The highest BCUT2D eigenvalue weighted by Crippen LogP contribution is 2.10. The summed E-state index contributed by atoms with van der Waals surface area (Å²) in [5.41, 5.74) is 0. The van der Waals surface area contributed by atoms with Crippen molar-refractivity contribution in [3.63, 3.8) is 0 Å². The SMILES string of the molecule is C=CC(CCCCCNC=O)S(=O)(=O)O.c1c[nH]cn1. The number of aromatic amines is 1. The Bertz CT molecular complexity index is 428. The van der Waals surface area contributed by atoms with E-state index in [1.807, 2.05) is 0 Å². The smallest absolute Gasteiger partial charge is 0.271 e. The Morgan fingerprint density at radius 1 is 1.40 bits per heavy atom. The number of imidazole rings is 1. The van der Waals surface area contributed by atoms with Crippen molar-refractivity contribution >= 4 is 16.5 Å². The van der Waals surface area contributed by atoms with E-state index in [9.17, 15) is 13.2 Å². The average Bonchev–Trinajstić information content (AvgIpc) is 2.95. The van der Waals surface area contributed by atoms with Crippen molar-refractivity contribution in [2.45, 2.75) is 30.9 Å². The summed E-state index contributed by atoms with van der Waals surface area (Å²) in [6.07, 6.45) is 9.60. The number of rotatable bonds is 9. The molecule has 1 aromatic heterocycles. The van der Waals surface area contributed by atoms with Gasteiger partial charge in [-0.3, -0.25) is 9.35 Å². The summed E-state index contributed by atoms with van der Waals surface area (Å²) in [5, 5.41) is 1.63. The fourth-order valence-corrected chi connectivity index (χ4v) is 2.12. The summed E-state index contributed by atoms with van der Waals surface area (Å²) in [6, 6.07) is 0. The van der Waals surface area contributed by atoms with Crippen LogP contribution < -0.4 is 5.32 Å². The van der Waals surface area contributed by atoms with E-state index in [1.54, 1.807) is 18.7 Å². The lowest BCUT2D eigenvalue weighted by atomic mass is 10.1. The van der Waals surface area contributed by atoms with Crippen LogP contribution in [0.1, 0.15) is 25.7 Å². The van der Waals surface area contributed by atoms with Crippen LogP contribution in [0.4, 0.5) is 0 Å². The molecule has 1 unspecified atom stereocenters. The van der Waals surface area contributed by atoms with Crippen LogP contribution in [0.15, 0.2) is 31.4 Å². The van der Waals surface area contributed by atoms with Gasteiger partial charge in [-0.15, -0.1) is 6.58 Å². The lowest BCUT2D eigenvalue weighted by molar-refractivity contribution is -0.109. The molecular formula is C12H21N3O4S. The first-order valence-electron chi connectivity index (χ1n) is 6.21. The molecule has 0 aromatic carbocycles. The number of amides is 1. The van der Waals surface area contributed by atoms with Gasteiger partial charge >= 0.3 is 0 Å². The molecule has 0 aliphatic rings. The third-order valence-corrected chi connectivity index (χ3v) is 3.64. The number of carbonyl (C=O) groups excluding carboxylic acids is 1. The van der Waals surface area contributed by atoms with Crippen molar-refractivity contribution in [3.05, 3.63) is 31.4 Å². The molecule has 1 amide bonds. The Labute approximate surface area is 119 Å². The summed E-state index contributed by atoms with van der Waals surface area (Å²) < 4.78 is 30.3. The molecule has 7 nitrogen and oxygen atoms in total. The maximum atomic E-state index is 10.8. The molecule has 0 saturated carbocycles. The molecule has 0 saturated heterocycles. The largest absolute Gasteiger partial charge is 0.359 e. The lowest BCUT2D eigenvalue weighted by Crippen LogP contribution is -2.17. The molecule has 1 heterocycles. The van der Waals surface area contributed by atoms with E-state index in [1.165, 1.54) is 6.08 Å². The van der Waals surface area contributed by atoms with Gasteiger partial charge in [0.1, 0.15) is 5.25 Å². The highest BCUT2D eigenvalue weighted by molar-refractivity contribution is 7.86. The number of nitrogens with zero attached hydrogens (tertiary/aromatic N) is 1. The van der Waals surface area contributed by atoms with Crippen LogP contribution in [-0.2, 0) is 14.9 Å². The van der Waals surface area contributed by atoms with Gasteiger partial charge in [-0.1, -0.05) is 18.9 Å². The molecular weight excluding hydrogens is 282 g/mol. The standard InChI is InChI=1S/C9H17NO4S.C3H4N2/c1-2-9(15(12,13)14)6-4-3-5-7-10-8-11;1-2-5-3-4-1/h2,8-9H,1,3-7H2,(H,10,11)(H,12,13,14);1-3H,(H,4,5). The number of hydrogen-bond donors (Lipinski definition) is 3. The van der Waals surface area contributed by atoms with Crippen LogP contribution in [0.3, 0.4) is 0 Å². The van der Waals surface area contributed by atoms with Gasteiger partial charge in [0.25, 0.3) is 10.1 Å². The van der Waals surface area contributed by atoms with Crippen molar-refractivity contribution in [1.82, 2.24) is 15.3 Å². The number of carbonyl (C=O) groups is 1. The van der Waals surface area contributed by atoms with E-state index in [2.05, 4.69) is 21.9 Å². The summed E-state index contributed by atoms with van der Waals surface area (Å²) >= 11 is 0. The fraction of sp³-hybridized carbons (Fsp3) is 0.500.